The molecule has 1 heterocycles. The molecule has 1 aliphatic rings. The number of carbonyl (C=O) groups is 1. The molecule has 2 rings (SSSR count). The van der Waals surface area contributed by atoms with Crippen molar-refractivity contribution in [1.82, 2.24) is 4.90 Å². The van der Waals surface area contributed by atoms with Crippen LogP contribution in [0.4, 0.5) is 0 Å². The van der Waals surface area contributed by atoms with E-state index in [1.165, 1.54) is 0 Å². The average molecular weight is 278 g/mol. The number of ether oxygens (including phenoxy) is 2. The number of carbonyl (C=O) groups excluding carboxylic acids is 1. The normalized spacial score (nSPS) is 20.6. The third-order valence-electron chi connectivity index (χ3n) is 4.00. The van der Waals surface area contributed by atoms with Crippen LogP contribution in [-0.2, 0) is 4.79 Å². The van der Waals surface area contributed by atoms with Crippen LogP contribution >= 0.6 is 0 Å². The number of rotatable bonds is 5. The van der Waals surface area contributed by atoms with Crippen LogP contribution in [0.1, 0.15) is 31.4 Å². The summed E-state index contributed by atoms with van der Waals surface area (Å²) in [5.41, 5.74) is 6.50. The molecule has 2 atom stereocenters. The molecule has 5 nitrogen and oxygen atoms in total. The van der Waals surface area contributed by atoms with Crippen LogP contribution in [0, 0.1) is 0 Å². The highest BCUT2D eigenvalue weighted by molar-refractivity contribution is 5.79. The minimum Gasteiger partial charge on any atom is -0.497 e. The van der Waals surface area contributed by atoms with Crippen molar-refractivity contribution in [2.75, 3.05) is 20.8 Å². The van der Waals surface area contributed by atoms with Crippen LogP contribution in [0.3, 0.4) is 0 Å². The van der Waals surface area contributed by atoms with E-state index in [1.54, 1.807) is 14.2 Å². The van der Waals surface area contributed by atoms with Crippen molar-refractivity contribution in [3.05, 3.63) is 23.8 Å². The number of primary amides is 1. The Morgan fingerprint density at radius 2 is 2.15 bits per heavy atom. The molecule has 2 N–H and O–H groups in total. The van der Waals surface area contributed by atoms with Crippen molar-refractivity contribution < 1.29 is 14.3 Å². The first kappa shape index (κ1) is 14.7. The number of amides is 1. The smallest absolute Gasteiger partial charge is 0.234 e. The van der Waals surface area contributed by atoms with Crippen molar-refractivity contribution in [3.63, 3.8) is 0 Å². The molecule has 1 aromatic rings. The van der Waals surface area contributed by atoms with E-state index < -0.39 is 0 Å². The van der Waals surface area contributed by atoms with E-state index in [0.717, 1.165) is 36.4 Å². The number of nitrogens with zero attached hydrogens (tertiary/aromatic N) is 1. The van der Waals surface area contributed by atoms with E-state index in [2.05, 4.69) is 4.90 Å². The predicted octanol–water partition coefficient (Wildman–Crippen LogP) is 1.71. The Labute approximate surface area is 119 Å². The van der Waals surface area contributed by atoms with E-state index >= 15 is 0 Å². The Bertz CT molecular complexity index is 490. The molecule has 1 aliphatic heterocycles. The van der Waals surface area contributed by atoms with Crippen LogP contribution in [0.25, 0.3) is 0 Å². The molecule has 20 heavy (non-hydrogen) atoms. The third-order valence-corrected chi connectivity index (χ3v) is 4.00. The van der Waals surface area contributed by atoms with Gasteiger partial charge < -0.3 is 15.2 Å². The molecular weight excluding hydrogens is 256 g/mol. The van der Waals surface area contributed by atoms with Crippen LogP contribution in [0.5, 0.6) is 11.5 Å². The van der Waals surface area contributed by atoms with Crippen LogP contribution in [-0.4, -0.2) is 37.6 Å². The SMILES string of the molecule is COc1ccc(OC)c(C2CCCN2C(C)C(N)=O)c1. The number of likely N-dealkylation sites (tertiary alicyclic amines) is 1. The Morgan fingerprint density at radius 1 is 1.40 bits per heavy atom. The first-order valence-electron chi connectivity index (χ1n) is 6.85. The maximum Gasteiger partial charge on any atom is 0.234 e. The van der Waals surface area contributed by atoms with E-state index in [-0.39, 0.29) is 18.0 Å². The van der Waals surface area contributed by atoms with Crippen LogP contribution in [0.15, 0.2) is 18.2 Å². The highest BCUT2D eigenvalue weighted by Crippen LogP contribution is 2.39. The molecule has 1 aromatic carbocycles. The molecule has 0 radical (unpaired) electrons. The van der Waals surface area contributed by atoms with Gasteiger partial charge in [0.25, 0.3) is 0 Å². The van der Waals surface area contributed by atoms with Crippen LogP contribution in [0.2, 0.25) is 0 Å². The summed E-state index contributed by atoms with van der Waals surface area (Å²) < 4.78 is 10.7. The highest BCUT2D eigenvalue weighted by Gasteiger charge is 2.33. The minimum atomic E-state index is -0.293. The van der Waals surface area contributed by atoms with Gasteiger partial charge in [-0.25, -0.2) is 0 Å². The van der Waals surface area contributed by atoms with E-state index in [9.17, 15) is 4.79 Å². The second-order valence-corrected chi connectivity index (χ2v) is 5.08. The summed E-state index contributed by atoms with van der Waals surface area (Å²) in [7, 11) is 3.30. The molecule has 2 unspecified atom stereocenters. The number of hydrogen-bond acceptors (Lipinski definition) is 4. The zero-order chi connectivity index (χ0) is 14.7. The van der Waals surface area contributed by atoms with E-state index in [0.29, 0.717) is 0 Å². The maximum absolute atomic E-state index is 11.5. The minimum absolute atomic E-state index is 0.141. The molecule has 0 aromatic heterocycles. The fourth-order valence-electron chi connectivity index (χ4n) is 2.85. The van der Waals surface area contributed by atoms with Crippen molar-refractivity contribution in [3.8, 4) is 11.5 Å². The Morgan fingerprint density at radius 3 is 2.75 bits per heavy atom. The fourth-order valence-corrected chi connectivity index (χ4v) is 2.85. The summed E-state index contributed by atoms with van der Waals surface area (Å²) in [6, 6.07) is 5.62. The van der Waals surface area contributed by atoms with Crippen molar-refractivity contribution in [1.29, 1.82) is 0 Å². The van der Waals surface area contributed by atoms with Gasteiger partial charge in [-0.2, -0.15) is 0 Å². The Hall–Kier alpha value is -1.75. The van der Waals surface area contributed by atoms with E-state index in [1.807, 2.05) is 25.1 Å². The molecule has 1 amide bonds. The monoisotopic (exact) mass is 278 g/mol. The summed E-state index contributed by atoms with van der Waals surface area (Å²) in [6.07, 6.45) is 2.03. The molecule has 5 heteroatoms. The first-order valence-corrected chi connectivity index (χ1v) is 6.85. The van der Waals surface area contributed by atoms with Gasteiger partial charge in [0.15, 0.2) is 0 Å². The van der Waals surface area contributed by atoms with Gasteiger partial charge in [-0.3, -0.25) is 9.69 Å². The lowest BCUT2D eigenvalue weighted by Gasteiger charge is -2.30. The van der Waals surface area contributed by atoms with E-state index in [4.69, 9.17) is 15.2 Å². The molecular formula is C15H22N2O3. The maximum atomic E-state index is 11.5. The van der Waals surface area contributed by atoms with Gasteiger partial charge in [-0.15, -0.1) is 0 Å². The van der Waals surface area contributed by atoms with Gasteiger partial charge in [-0.05, 0) is 44.5 Å². The third kappa shape index (κ3) is 2.72. The number of nitrogens with two attached hydrogens (primary N) is 1. The average Bonchev–Trinajstić information content (AvgIpc) is 2.94. The zero-order valence-corrected chi connectivity index (χ0v) is 12.3. The molecule has 0 spiro atoms. The summed E-state index contributed by atoms with van der Waals surface area (Å²) in [5.74, 6) is 1.32. The zero-order valence-electron chi connectivity index (χ0n) is 12.3. The fraction of sp³-hybridized carbons (Fsp3) is 0.533. The second kappa shape index (κ2) is 6.13. The Kier molecular flexibility index (Phi) is 4.49. The van der Waals surface area contributed by atoms with Gasteiger partial charge in [0.05, 0.1) is 20.3 Å². The van der Waals surface area contributed by atoms with Gasteiger partial charge in [0.1, 0.15) is 11.5 Å². The summed E-state index contributed by atoms with van der Waals surface area (Å²) >= 11 is 0. The molecule has 0 aliphatic carbocycles. The van der Waals surface area contributed by atoms with Crippen molar-refractivity contribution >= 4 is 5.91 Å². The second-order valence-electron chi connectivity index (χ2n) is 5.08. The van der Waals surface area contributed by atoms with Crippen molar-refractivity contribution in [2.24, 2.45) is 5.73 Å². The van der Waals surface area contributed by atoms with Crippen LogP contribution < -0.4 is 15.2 Å². The van der Waals surface area contributed by atoms with Gasteiger partial charge in [-0.1, -0.05) is 0 Å². The first-order chi connectivity index (χ1) is 9.58. The lowest BCUT2D eigenvalue weighted by molar-refractivity contribution is -0.123. The van der Waals surface area contributed by atoms with Gasteiger partial charge >= 0.3 is 0 Å². The number of methoxy groups -OCH3 is 2. The lowest BCUT2D eigenvalue weighted by Crippen LogP contribution is -2.42. The highest BCUT2D eigenvalue weighted by atomic mass is 16.5. The molecule has 1 saturated heterocycles. The Balaban J connectivity index is 2.35. The predicted molar refractivity (Wildman–Crippen MR) is 76.9 cm³/mol. The van der Waals surface area contributed by atoms with Crippen molar-refractivity contribution in [2.45, 2.75) is 31.8 Å². The quantitative estimate of drug-likeness (QED) is 0.890. The number of hydrogen-bond donors (Lipinski definition) is 1. The van der Waals surface area contributed by atoms with Gasteiger partial charge in [0.2, 0.25) is 5.91 Å². The molecule has 110 valence electrons. The topological polar surface area (TPSA) is 64.8 Å². The molecule has 0 bridgehead atoms. The summed E-state index contributed by atoms with van der Waals surface area (Å²) in [5, 5.41) is 0. The molecule has 1 fully saturated rings. The van der Waals surface area contributed by atoms with Gasteiger partial charge in [0, 0.05) is 11.6 Å². The standard InChI is InChI=1S/C15H22N2O3/c1-10(15(16)18)17-8-4-5-13(17)12-9-11(19-2)6-7-14(12)20-3/h6-7,9-10,13H,4-5,8H2,1-3H3,(H2,16,18). The summed E-state index contributed by atoms with van der Waals surface area (Å²) in [4.78, 5) is 13.6. The number of benzene rings is 1. The summed E-state index contributed by atoms with van der Waals surface area (Å²) in [6.45, 7) is 2.72. The molecule has 0 saturated carbocycles. The lowest BCUT2D eigenvalue weighted by atomic mass is 10.0. The largest absolute Gasteiger partial charge is 0.497 e.